The van der Waals surface area contributed by atoms with Gasteiger partial charge in [-0.05, 0) is 31.5 Å². The standard InChI is InChI=1S/C13H16O4/c1-3-5-9(2)17-13(16)11-7-4-6-10(8-11)12(14)15/h4,6-9H,3,5H2,1-2H3,(H,14,15). The summed E-state index contributed by atoms with van der Waals surface area (Å²) >= 11 is 0. The molecule has 17 heavy (non-hydrogen) atoms. The molecule has 0 radical (unpaired) electrons. The second-order valence-corrected chi connectivity index (χ2v) is 3.89. The van der Waals surface area contributed by atoms with Crippen molar-refractivity contribution in [1.29, 1.82) is 0 Å². The summed E-state index contributed by atoms with van der Waals surface area (Å²) in [6.45, 7) is 3.83. The van der Waals surface area contributed by atoms with Crippen LogP contribution in [0.4, 0.5) is 0 Å². The normalized spacial score (nSPS) is 11.9. The Morgan fingerprint density at radius 3 is 2.59 bits per heavy atom. The molecular formula is C13H16O4. The number of ether oxygens (including phenoxy) is 1. The summed E-state index contributed by atoms with van der Waals surface area (Å²) < 4.78 is 5.18. The summed E-state index contributed by atoms with van der Waals surface area (Å²) in [6, 6.07) is 5.84. The Balaban J connectivity index is 2.75. The molecule has 0 bridgehead atoms. The third-order valence-electron chi connectivity index (χ3n) is 2.35. The molecule has 92 valence electrons. The van der Waals surface area contributed by atoms with Gasteiger partial charge in [0.05, 0.1) is 17.2 Å². The quantitative estimate of drug-likeness (QED) is 0.798. The summed E-state index contributed by atoms with van der Waals surface area (Å²) in [6.07, 6.45) is 1.58. The molecule has 0 aliphatic heterocycles. The monoisotopic (exact) mass is 236 g/mol. The van der Waals surface area contributed by atoms with Crippen LogP contribution in [0.5, 0.6) is 0 Å². The Morgan fingerprint density at radius 1 is 1.35 bits per heavy atom. The Kier molecular flexibility index (Phi) is 4.69. The van der Waals surface area contributed by atoms with E-state index in [1.54, 1.807) is 6.07 Å². The van der Waals surface area contributed by atoms with Gasteiger partial charge >= 0.3 is 11.9 Å². The molecule has 1 N–H and O–H groups in total. The topological polar surface area (TPSA) is 63.6 Å². The molecule has 0 heterocycles. The molecule has 1 aromatic carbocycles. The number of rotatable bonds is 5. The van der Waals surface area contributed by atoms with Gasteiger partial charge in [-0.2, -0.15) is 0 Å². The first-order valence-electron chi connectivity index (χ1n) is 5.59. The van der Waals surface area contributed by atoms with E-state index in [4.69, 9.17) is 9.84 Å². The zero-order chi connectivity index (χ0) is 12.8. The Bertz CT molecular complexity index is 412. The lowest BCUT2D eigenvalue weighted by Crippen LogP contribution is -2.15. The van der Waals surface area contributed by atoms with Gasteiger partial charge in [-0.3, -0.25) is 0 Å². The fraction of sp³-hybridized carbons (Fsp3) is 0.385. The highest BCUT2D eigenvalue weighted by Gasteiger charge is 2.13. The van der Waals surface area contributed by atoms with Gasteiger partial charge in [-0.1, -0.05) is 19.4 Å². The predicted molar refractivity (Wildman–Crippen MR) is 63.2 cm³/mol. The molecule has 1 rings (SSSR count). The number of carboxylic acids is 1. The molecule has 4 heteroatoms. The number of aromatic carboxylic acids is 1. The van der Waals surface area contributed by atoms with E-state index < -0.39 is 11.9 Å². The van der Waals surface area contributed by atoms with Crippen molar-refractivity contribution in [3.8, 4) is 0 Å². The van der Waals surface area contributed by atoms with E-state index >= 15 is 0 Å². The van der Waals surface area contributed by atoms with E-state index in [0.717, 1.165) is 12.8 Å². The molecule has 0 spiro atoms. The van der Waals surface area contributed by atoms with Crippen molar-refractivity contribution in [2.24, 2.45) is 0 Å². The zero-order valence-corrected chi connectivity index (χ0v) is 9.97. The van der Waals surface area contributed by atoms with E-state index in [0.29, 0.717) is 0 Å². The van der Waals surface area contributed by atoms with Crippen LogP contribution in [0.1, 0.15) is 47.4 Å². The van der Waals surface area contributed by atoms with Crippen LogP contribution in [-0.2, 0) is 4.74 Å². The zero-order valence-electron chi connectivity index (χ0n) is 9.97. The third kappa shape index (κ3) is 3.90. The number of carbonyl (C=O) groups is 2. The highest BCUT2D eigenvalue weighted by Crippen LogP contribution is 2.10. The average Bonchev–Trinajstić information content (AvgIpc) is 2.29. The van der Waals surface area contributed by atoms with Gasteiger partial charge in [0.25, 0.3) is 0 Å². The molecule has 1 atom stereocenters. The maximum absolute atomic E-state index is 11.7. The van der Waals surface area contributed by atoms with Gasteiger partial charge in [0.1, 0.15) is 0 Å². The lowest BCUT2D eigenvalue weighted by molar-refractivity contribution is 0.0323. The maximum Gasteiger partial charge on any atom is 0.338 e. The molecular weight excluding hydrogens is 220 g/mol. The van der Waals surface area contributed by atoms with Gasteiger partial charge in [-0.15, -0.1) is 0 Å². The minimum atomic E-state index is -1.05. The van der Waals surface area contributed by atoms with Crippen LogP contribution < -0.4 is 0 Å². The van der Waals surface area contributed by atoms with Gasteiger partial charge in [0.2, 0.25) is 0 Å². The van der Waals surface area contributed by atoms with Crippen LogP contribution in [0.15, 0.2) is 24.3 Å². The second-order valence-electron chi connectivity index (χ2n) is 3.89. The number of benzene rings is 1. The van der Waals surface area contributed by atoms with Crippen molar-refractivity contribution in [2.75, 3.05) is 0 Å². The molecule has 0 saturated heterocycles. The molecule has 4 nitrogen and oxygen atoms in total. The number of carboxylic acid groups (broad SMARTS) is 1. The number of hydrogen-bond acceptors (Lipinski definition) is 3. The van der Waals surface area contributed by atoms with Crippen molar-refractivity contribution in [1.82, 2.24) is 0 Å². The molecule has 0 aliphatic carbocycles. The van der Waals surface area contributed by atoms with Crippen LogP contribution in [0.25, 0.3) is 0 Å². The molecule has 0 saturated carbocycles. The van der Waals surface area contributed by atoms with E-state index in [1.165, 1.54) is 18.2 Å². The highest BCUT2D eigenvalue weighted by atomic mass is 16.5. The molecule has 0 aliphatic rings. The van der Waals surface area contributed by atoms with Gasteiger partial charge in [0, 0.05) is 0 Å². The van der Waals surface area contributed by atoms with E-state index in [2.05, 4.69) is 0 Å². The first-order valence-corrected chi connectivity index (χ1v) is 5.59. The average molecular weight is 236 g/mol. The number of esters is 1. The van der Waals surface area contributed by atoms with Crippen molar-refractivity contribution in [3.63, 3.8) is 0 Å². The Morgan fingerprint density at radius 2 is 2.00 bits per heavy atom. The van der Waals surface area contributed by atoms with Crippen LogP contribution in [0.3, 0.4) is 0 Å². The number of carbonyl (C=O) groups excluding carboxylic acids is 1. The second kappa shape index (κ2) is 6.03. The summed E-state index contributed by atoms with van der Waals surface area (Å²) in [4.78, 5) is 22.4. The SMILES string of the molecule is CCCC(C)OC(=O)c1cccc(C(=O)O)c1. The third-order valence-corrected chi connectivity index (χ3v) is 2.35. The van der Waals surface area contributed by atoms with Crippen molar-refractivity contribution >= 4 is 11.9 Å². The summed E-state index contributed by atoms with van der Waals surface area (Å²) in [5, 5.41) is 8.81. The Hall–Kier alpha value is -1.84. The number of hydrogen-bond donors (Lipinski definition) is 1. The maximum atomic E-state index is 11.7. The van der Waals surface area contributed by atoms with Crippen LogP contribution >= 0.6 is 0 Å². The van der Waals surface area contributed by atoms with E-state index in [-0.39, 0.29) is 17.2 Å². The first kappa shape index (κ1) is 13.2. The highest BCUT2D eigenvalue weighted by molar-refractivity contribution is 5.94. The summed E-state index contributed by atoms with van der Waals surface area (Å²) in [5.41, 5.74) is 0.357. The van der Waals surface area contributed by atoms with Gasteiger partial charge in [-0.25, -0.2) is 9.59 Å². The fourth-order valence-electron chi connectivity index (χ4n) is 1.50. The van der Waals surface area contributed by atoms with Crippen molar-refractivity contribution < 1.29 is 19.4 Å². The Labute approximate surface area is 100 Å². The fourth-order valence-corrected chi connectivity index (χ4v) is 1.50. The molecule has 0 aromatic heterocycles. The van der Waals surface area contributed by atoms with Crippen LogP contribution in [0, 0.1) is 0 Å². The smallest absolute Gasteiger partial charge is 0.338 e. The lowest BCUT2D eigenvalue weighted by atomic mass is 10.1. The van der Waals surface area contributed by atoms with Gasteiger partial charge in [0.15, 0.2) is 0 Å². The molecule has 0 amide bonds. The van der Waals surface area contributed by atoms with Crippen molar-refractivity contribution in [2.45, 2.75) is 32.8 Å². The minimum Gasteiger partial charge on any atom is -0.478 e. The van der Waals surface area contributed by atoms with Gasteiger partial charge < -0.3 is 9.84 Å². The lowest BCUT2D eigenvalue weighted by Gasteiger charge is -2.12. The predicted octanol–water partition coefficient (Wildman–Crippen LogP) is 2.73. The minimum absolute atomic E-state index is 0.0857. The van der Waals surface area contributed by atoms with Crippen molar-refractivity contribution in [3.05, 3.63) is 35.4 Å². The summed E-state index contributed by atoms with van der Waals surface area (Å²) in [5.74, 6) is -1.53. The van der Waals surface area contributed by atoms with E-state index in [1.807, 2.05) is 13.8 Å². The molecule has 1 unspecified atom stereocenters. The van der Waals surface area contributed by atoms with Crippen LogP contribution in [0.2, 0.25) is 0 Å². The molecule has 0 fully saturated rings. The van der Waals surface area contributed by atoms with Crippen LogP contribution in [-0.4, -0.2) is 23.1 Å². The van der Waals surface area contributed by atoms with E-state index in [9.17, 15) is 9.59 Å². The first-order chi connectivity index (χ1) is 8.04. The summed E-state index contributed by atoms with van der Waals surface area (Å²) in [7, 11) is 0. The molecule has 1 aromatic rings. The largest absolute Gasteiger partial charge is 0.478 e.